The first kappa shape index (κ1) is 17.0. The van der Waals surface area contributed by atoms with Crippen molar-refractivity contribution >= 4 is 46.7 Å². The van der Waals surface area contributed by atoms with E-state index in [9.17, 15) is 9.59 Å². The first-order valence-corrected chi connectivity index (χ1v) is 6.72. The van der Waals surface area contributed by atoms with E-state index in [2.05, 4.69) is 10.3 Å². The minimum absolute atomic E-state index is 0.00360. The Labute approximate surface area is 131 Å². The minimum atomic E-state index is -1.15. The molecule has 8 heteroatoms. The second-order valence-electron chi connectivity index (χ2n) is 5.19. The van der Waals surface area contributed by atoms with Crippen LogP contribution >= 0.6 is 34.8 Å². The molecule has 110 valence electrons. The number of carbonyl (C=O) groups is 2. The third-order valence-corrected chi connectivity index (χ3v) is 3.76. The van der Waals surface area contributed by atoms with E-state index in [1.165, 1.54) is 6.20 Å². The molecule has 0 spiro atoms. The van der Waals surface area contributed by atoms with Gasteiger partial charge in [0.15, 0.2) is 0 Å². The molecule has 1 rings (SSSR count). The second kappa shape index (κ2) is 6.16. The number of rotatable bonds is 3. The van der Waals surface area contributed by atoms with Crippen LogP contribution in [-0.2, 0) is 4.79 Å². The molecule has 1 heterocycles. The van der Waals surface area contributed by atoms with Crippen LogP contribution in [0.15, 0.2) is 6.20 Å². The van der Waals surface area contributed by atoms with Gasteiger partial charge in [0.05, 0.1) is 15.1 Å². The van der Waals surface area contributed by atoms with Gasteiger partial charge in [0.2, 0.25) is 0 Å². The van der Waals surface area contributed by atoms with E-state index >= 15 is 0 Å². The molecule has 0 aliphatic heterocycles. The van der Waals surface area contributed by atoms with Gasteiger partial charge in [-0.15, -0.1) is 0 Å². The van der Waals surface area contributed by atoms with Crippen LogP contribution in [0.1, 0.15) is 31.3 Å². The number of aromatic nitrogens is 1. The summed E-state index contributed by atoms with van der Waals surface area (Å²) < 4.78 is 0. The zero-order valence-corrected chi connectivity index (χ0v) is 13.3. The lowest BCUT2D eigenvalue weighted by Crippen LogP contribution is -2.49. The molecule has 0 radical (unpaired) electrons. The molecule has 0 aromatic carbocycles. The third-order valence-electron chi connectivity index (χ3n) is 2.52. The van der Waals surface area contributed by atoms with Crippen LogP contribution < -0.4 is 5.32 Å². The Bertz CT molecular complexity index is 556. The van der Waals surface area contributed by atoms with Crippen molar-refractivity contribution in [1.82, 2.24) is 10.3 Å². The van der Waals surface area contributed by atoms with E-state index in [0.29, 0.717) is 0 Å². The molecule has 1 atom stereocenters. The van der Waals surface area contributed by atoms with E-state index in [1.54, 1.807) is 20.8 Å². The Morgan fingerprint density at radius 1 is 1.25 bits per heavy atom. The Kier molecular flexibility index (Phi) is 5.24. The highest BCUT2D eigenvalue weighted by Crippen LogP contribution is 2.31. The fourth-order valence-corrected chi connectivity index (χ4v) is 2.02. The SMILES string of the molecule is CC(C)(C)[C@H](NC(=O)c1ncc(Cl)c(Cl)c1Cl)C(=O)O. The number of hydrogen-bond donors (Lipinski definition) is 2. The second-order valence-corrected chi connectivity index (χ2v) is 6.36. The van der Waals surface area contributed by atoms with Crippen LogP contribution in [0, 0.1) is 5.41 Å². The van der Waals surface area contributed by atoms with Crippen molar-refractivity contribution in [2.24, 2.45) is 5.41 Å². The van der Waals surface area contributed by atoms with E-state index in [-0.39, 0.29) is 20.8 Å². The number of hydrogen-bond acceptors (Lipinski definition) is 3. The summed E-state index contributed by atoms with van der Waals surface area (Å²) in [5.41, 5.74) is -0.846. The van der Waals surface area contributed by atoms with Gasteiger partial charge < -0.3 is 10.4 Å². The summed E-state index contributed by atoms with van der Waals surface area (Å²) in [5, 5.41) is 11.5. The number of carbonyl (C=O) groups excluding carboxylic acids is 1. The summed E-state index contributed by atoms with van der Waals surface area (Å²) in [4.78, 5) is 27.1. The zero-order valence-electron chi connectivity index (χ0n) is 11.0. The van der Waals surface area contributed by atoms with E-state index in [1.807, 2.05) is 0 Å². The first-order chi connectivity index (χ1) is 9.05. The third kappa shape index (κ3) is 3.75. The van der Waals surface area contributed by atoms with Gasteiger partial charge in [0, 0.05) is 6.20 Å². The summed E-state index contributed by atoms with van der Waals surface area (Å²) >= 11 is 17.4. The standard InChI is InChI=1S/C12H13Cl3N2O3/c1-12(2,3)9(11(19)20)17-10(18)8-7(15)6(14)5(13)4-16-8/h4,9H,1-3H3,(H,17,18)(H,19,20)/t9-/m1/s1. The maximum Gasteiger partial charge on any atom is 0.326 e. The normalized spacial score (nSPS) is 12.9. The summed E-state index contributed by atoms with van der Waals surface area (Å²) in [6.45, 7) is 5.07. The van der Waals surface area contributed by atoms with Crippen LogP contribution in [0.3, 0.4) is 0 Å². The number of halogens is 3. The number of nitrogens with one attached hydrogen (secondary N) is 1. The lowest BCUT2D eigenvalue weighted by atomic mass is 9.86. The highest BCUT2D eigenvalue weighted by atomic mass is 35.5. The minimum Gasteiger partial charge on any atom is -0.480 e. The average molecular weight is 340 g/mol. The van der Waals surface area contributed by atoms with Crippen molar-refractivity contribution in [1.29, 1.82) is 0 Å². The maximum atomic E-state index is 12.1. The van der Waals surface area contributed by atoms with Crippen LogP contribution in [0.5, 0.6) is 0 Å². The predicted octanol–water partition coefficient (Wildman–Crippen LogP) is 3.27. The molecule has 2 N–H and O–H groups in total. The van der Waals surface area contributed by atoms with Crippen molar-refractivity contribution < 1.29 is 14.7 Å². The van der Waals surface area contributed by atoms with Crippen molar-refractivity contribution in [3.63, 3.8) is 0 Å². The highest BCUT2D eigenvalue weighted by Gasteiger charge is 2.33. The largest absolute Gasteiger partial charge is 0.480 e. The van der Waals surface area contributed by atoms with Crippen LogP contribution in [0.2, 0.25) is 15.1 Å². The van der Waals surface area contributed by atoms with E-state index in [4.69, 9.17) is 39.9 Å². The Balaban J connectivity index is 3.08. The molecule has 0 unspecified atom stereocenters. The Morgan fingerprint density at radius 2 is 1.80 bits per heavy atom. The number of aliphatic carboxylic acids is 1. The van der Waals surface area contributed by atoms with Gasteiger partial charge in [-0.25, -0.2) is 9.78 Å². The van der Waals surface area contributed by atoms with Crippen LogP contribution in [0.4, 0.5) is 0 Å². The first-order valence-electron chi connectivity index (χ1n) is 5.59. The van der Waals surface area contributed by atoms with Crippen molar-refractivity contribution in [3.8, 4) is 0 Å². The summed E-state index contributed by atoms with van der Waals surface area (Å²) in [7, 11) is 0. The van der Waals surface area contributed by atoms with Crippen molar-refractivity contribution in [2.45, 2.75) is 26.8 Å². The topological polar surface area (TPSA) is 79.3 Å². The molecule has 1 amide bonds. The van der Waals surface area contributed by atoms with E-state index < -0.39 is 23.3 Å². The van der Waals surface area contributed by atoms with Crippen molar-refractivity contribution in [3.05, 3.63) is 27.0 Å². The van der Waals surface area contributed by atoms with Gasteiger partial charge in [-0.2, -0.15) is 0 Å². The van der Waals surface area contributed by atoms with Gasteiger partial charge >= 0.3 is 5.97 Å². The summed E-state index contributed by atoms with van der Waals surface area (Å²) in [5.74, 6) is -1.88. The lowest BCUT2D eigenvalue weighted by Gasteiger charge is -2.27. The molecule has 1 aromatic heterocycles. The summed E-state index contributed by atoms with van der Waals surface area (Å²) in [6, 6.07) is -1.10. The molecule has 0 saturated carbocycles. The van der Waals surface area contributed by atoms with Crippen LogP contribution in [0.25, 0.3) is 0 Å². The van der Waals surface area contributed by atoms with Crippen LogP contribution in [-0.4, -0.2) is 28.0 Å². The van der Waals surface area contributed by atoms with E-state index in [0.717, 1.165) is 0 Å². The molecular weight excluding hydrogens is 327 g/mol. The van der Waals surface area contributed by atoms with Gasteiger partial charge in [-0.05, 0) is 5.41 Å². The van der Waals surface area contributed by atoms with Gasteiger partial charge in [-0.3, -0.25) is 4.79 Å². The smallest absolute Gasteiger partial charge is 0.326 e. The molecule has 20 heavy (non-hydrogen) atoms. The fraction of sp³-hybridized carbons (Fsp3) is 0.417. The molecule has 5 nitrogen and oxygen atoms in total. The van der Waals surface area contributed by atoms with Gasteiger partial charge in [-0.1, -0.05) is 55.6 Å². The quantitative estimate of drug-likeness (QED) is 0.886. The maximum absolute atomic E-state index is 12.1. The fourth-order valence-electron chi connectivity index (χ4n) is 1.45. The predicted molar refractivity (Wildman–Crippen MR) is 77.6 cm³/mol. The molecule has 0 saturated heterocycles. The summed E-state index contributed by atoms with van der Waals surface area (Å²) in [6.07, 6.45) is 1.18. The number of carboxylic acid groups (broad SMARTS) is 1. The molecule has 0 aliphatic rings. The number of nitrogens with zero attached hydrogens (tertiary/aromatic N) is 1. The molecule has 0 aliphatic carbocycles. The monoisotopic (exact) mass is 338 g/mol. The number of pyridine rings is 1. The Morgan fingerprint density at radius 3 is 2.25 bits per heavy atom. The van der Waals surface area contributed by atoms with Gasteiger partial charge in [0.1, 0.15) is 11.7 Å². The average Bonchev–Trinajstić information content (AvgIpc) is 2.31. The molecule has 0 fully saturated rings. The van der Waals surface area contributed by atoms with Gasteiger partial charge in [0.25, 0.3) is 5.91 Å². The van der Waals surface area contributed by atoms with Crippen molar-refractivity contribution in [2.75, 3.05) is 0 Å². The lowest BCUT2D eigenvalue weighted by molar-refractivity contribution is -0.142. The zero-order chi connectivity index (χ0) is 15.7. The molecule has 1 aromatic rings. The Hall–Kier alpha value is -1.04. The molecular formula is C12H13Cl3N2O3. The highest BCUT2D eigenvalue weighted by molar-refractivity contribution is 6.48. The molecule has 0 bridgehead atoms. The number of amides is 1. The number of carboxylic acids is 1.